The molecule has 0 radical (unpaired) electrons. The summed E-state index contributed by atoms with van der Waals surface area (Å²) >= 11 is 1.66. The molecule has 0 amide bonds. The fourth-order valence-corrected chi connectivity index (χ4v) is 3.22. The third-order valence-electron chi connectivity index (χ3n) is 3.21. The lowest BCUT2D eigenvalue weighted by molar-refractivity contribution is 0.305. The summed E-state index contributed by atoms with van der Waals surface area (Å²) in [5.74, 6) is 1.24. The lowest BCUT2D eigenvalue weighted by Crippen LogP contribution is -2.28. The molecule has 0 atom stereocenters. The van der Waals surface area contributed by atoms with Crippen molar-refractivity contribution in [3.8, 4) is 5.75 Å². The van der Waals surface area contributed by atoms with Gasteiger partial charge in [0.2, 0.25) is 0 Å². The second-order valence-corrected chi connectivity index (χ2v) is 7.38. The van der Waals surface area contributed by atoms with Gasteiger partial charge < -0.3 is 10.5 Å². The van der Waals surface area contributed by atoms with Crippen molar-refractivity contribution in [3.63, 3.8) is 0 Å². The van der Waals surface area contributed by atoms with Crippen LogP contribution in [0.1, 0.15) is 54.8 Å². The van der Waals surface area contributed by atoms with Crippen molar-refractivity contribution in [1.82, 2.24) is 4.98 Å². The van der Waals surface area contributed by atoms with Crippen LogP contribution >= 0.6 is 11.3 Å². The second kappa shape index (κ2) is 6.16. The van der Waals surface area contributed by atoms with Gasteiger partial charge in [0.05, 0.1) is 5.69 Å². The van der Waals surface area contributed by atoms with E-state index in [2.05, 4.69) is 20.8 Å². The third kappa shape index (κ3) is 4.05. The second-order valence-electron chi connectivity index (χ2n) is 6.30. The average molecular weight is 304 g/mol. The Kier molecular flexibility index (Phi) is 4.69. The number of aryl methyl sites for hydroxylation is 1. The molecule has 0 spiro atoms. The largest absolute Gasteiger partial charge is 0.486 e. The number of nitrogens with zero attached hydrogens (tertiary/aromatic N) is 1. The van der Waals surface area contributed by atoms with Crippen LogP contribution in [0.15, 0.2) is 24.3 Å². The number of ether oxygens (including phenoxy) is 1. The Balaban J connectivity index is 2.15. The van der Waals surface area contributed by atoms with E-state index in [0.717, 1.165) is 21.3 Å². The Labute approximate surface area is 131 Å². The van der Waals surface area contributed by atoms with Gasteiger partial charge in [0.25, 0.3) is 0 Å². The maximum Gasteiger partial charge on any atom is 0.140 e. The summed E-state index contributed by atoms with van der Waals surface area (Å²) in [6.07, 6.45) is 0. The Morgan fingerprint density at radius 3 is 2.33 bits per heavy atom. The van der Waals surface area contributed by atoms with Gasteiger partial charge in [0.15, 0.2) is 0 Å². The van der Waals surface area contributed by atoms with E-state index in [1.165, 1.54) is 5.56 Å². The standard InChI is InChI=1S/C17H24N2OS/c1-11(2)15-16(17(4,5)18)21-14(19-15)10-20-13-8-6-12(3)7-9-13/h6-9,11H,10,18H2,1-5H3. The lowest BCUT2D eigenvalue weighted by Gasteiger charge is -2.19. The Bertz CT molecular complexity index is 594. The molecular weight excluding hydrogens is 280 g/mol. The summed E-state index contributed by atoms with van der Waals surface area (Å²) < 4.78 is 5.81. The van der Waals surface area contributed by atoms with Crippen LogP contribution in [0.2, 0.25) is 0 Å². The molecule has 114 valence electrons. The normalized spacial score (nSPS) is 12.0. The first kappa shape index (κ1) is 16.0. The Morgan fingerprint density at radius 2 is 1.86 bits per heavy atom. The van der Waals surface area contributed by atoms with Gasteiger partial charge in [-0.1, -0.05) is 31.5 Å². The number of rotatable bonds is 5. The van der Waals surface area contributed by atoms with Gasteiger partial charge in [-0.05, 0) is 38.8 Å². The van der Waals surface area contributed by atoms with E-state index in [-0.39, 0.29) is 5.54 Å². The van der Waals surface area contributed by atoms with Crippen LogP contribution in [-0.4, -0.2) is 4.98 Å². The molecule has 0 aliphatic carbocycles. The van der Waals surface area contributed by atoms with Crippen molar-refractivity contribution in [2.75, 3.05) is 0 Å². The van der Waals surface area contributed by atoms with Crippen LogP contribution in [0.3, 0.4) is 0 Å². The highest BCUT2D eigenvalue weighted by Gasteiger charge is 2.25. The summed E-state index contributed by atoms with van der Waals surface area (Å²) in [6, 6.07) is 8.07. The first-order valence-electron chi connectivity index (χ1n) is 7.26. The average Bonchev–Trinajstić information content (AvgIpc) is 2.82. The highest BCUT2D eigenvalue weighted by atomic mass is 32.1. The molecule has 0 fully saturated rings. The predicted octanol–water partition coefficient (Wildman–Crippen LogP) is 4.35. The number of hydrogen-bond acceptors (Lipinski definition) is 4. The van der Waals surface area contributed by atoms with Crippen molar-refractivity contribution in [2.45, 2.75) is 52.7 Å². The fraction of sp³-hybridized carbons (Fsp3) is 0.471. The number of benzene rings is 1. The molecule has 3 nitrogen and oxygen atoms in total. The van der Waals surface area contributed by atoms with Gasteiger partial charge >= 0.3 is 0 Å². The molecular formula is C17H24N2OS. The van der Waals surface area contributed by atoms with Crippen LogP contribution in [0, 0.1) is 6.92 Å². The quantitative estimate of drug-likeness (QED) is 0.893. The van der Waals surface area contributed by atoms with Crippen LogP contribution in [0.5, 0.6) is 5.75 Å². The molecule has 0 saturated heterocycles. The number of thiazole rings is 1. The van der Waals surface area contributed by atoms with E-state index in [9.17, 15) is 0 Å². The fourth-order valence-electron chi connectivity index (χ4n) is 2.07. The van der Waals surface area contributed by atoms with E-state index in [1.807, 2.05) is 38.1 Å². The molecule has 2 rings (SSSR count). The van der Waals surface area contributed by atoms with Crippen LogP contribution < -0.4 is 10.5 Å². The maximum absolute atomic E-state index is 6.26. The molecule has 0 aliphatic rings. The molecule has 0 aliphatic heterocycles. The van der Waals surface area contributed by atoms with Crippen LogP contribution in [0.25, 0.3) is 0 Å². The molecule has 1 aromatic carbocycles. The smallest absolute Gasteiger partial charge is 0.140 e. The van der Waals surface area contributed by atoms with Crippen LogP contribution in [0.4, 0.5) is 0 Å². The van der Waals surface area contributed by atoms with E-state index in [4.69, 9.17) is 15.5 Å². The summed E-state index contributed by atoms with van der Waals surface area (Å²) in [6.45, 7) is 10.9. The van der Waals surface area contributed by atoms with Crippen molar-refractivity contribution in [1.29, 1.82) is 0 Å². The predicted molar refractivity (Wildman–Crippen MR) is 88.9 cm³/mol. The molecule has 2 aromatic rings. The molecule has 4 heteroatoms. The maximum atomic E-state index is 6.26. The number of hydrogen-bond donors (Lipinski definition) is 1. The van der Waals surface area contributed by atoms with Crippen molar-refractivity contribution in [3.05, 3.63) is 45.4 Å². The molecule has 1 heterocycles. The zero-order valence-corrected chi connectivity index (χ0v) is 14.3. The Morgan fingerprint density at radius 1 is 1.24 bits per heavy atom. The van der Waals surface area contributed by atoms with Crippen molar-refractivity contribution in [2.24, 2.45) is 5.73 Å². The lowest BCUT2D eigenvalue weighted by atomic mass is 9.98. The number of aromatic nitrogens is 1. The minimum absolute atomic E-state index is 0.362. The van der Waals surface area contributed by atoms with Crippen molar-refractivity contribution >= 4 is 11.3 Å². The topological polar surface area (TPSA) is 48.1 Å². The summed E-state index contributed by atoms with van der Waals surface area (Å²) in [5, 5.41) is 0.979. The van der Waals surface area contributed by atoms with Gasteiger partial charge in [0.1, 0.15) is 17.4 Å². The first-order chi connectivity index (χ1) is 9.77. The zero-order valence-electron chi connectivity index (χ0n) is 13.4. The molecule has 0 saturated carbocycles. The summed E-state index contributed by atoms with van der Waals surface area (Å²) in [7, 11) is 0. The van der Waals surface area contributed by atoms with Gasteiger partial charge in [0, 0.05) is 10.4 Å². The van der Waals surface area contributed by atoms with E-state index in [0.29, 0.717) is 12.5 Å². The zero-order chi connectivity index (χ0) is 15.6. The van der Waals surface area contributed by atoms with Crippen molar-refractivity contribution < 1.29 is 4.74 Å². The summed E-state index contributed by atoms with van der Waals surface area (Å²) in [4.78, 5) is 5.88. The van der Waals surface area contributed by atoms with E-state index >= 15 is 0 Å². The third-order valence-corrected chi connectivity index (χ3v) is 4.60. The SMILES string of the molecule is Cc1ccc(OCc2nc(C(C)C)c(C(C)(C)N)s2)cc1. The highest BCUT2D eigenvalue weighted by Crippen LogP contribution is 2.33. The molecule has 2 N–H and O–H groups in total. The van der Waals surface area contributed by atoms with Crippen LogP contribution in [-0.2, 0) is 12.1 Å². The minimum atomic E-state index is -0.362. The Hall–Kier alpha value is -1.39. The van der Waals surface area contributed by atoms with Gasteiger partial charge in [-0.15, -0.1) is 11.3 Å². The monoisotopic (exact) mass is 304 g/mol. The summed E-state index contributed by atoms with van der Waals surface area (Å²) in [5.41, 5.74) is 8.22. The first-order valence-corrected chi connectivity index (χ1v) is 8.07. The molecule has 0 bridgehead atoms. The van der Waals surface area contributed by atoms with Gasteiger partial charge in [-0.3, -0.25) is 0 Å². The van der Waals surface area contributed by atoms with E-state index < -0.39 is 0 Å². The van der Waals surface area contributed by atoms with Gasteiger partial charge in [-0.2, -0.15) is 0 Å². The molecule has 1 aromatic heterocycles. The molecule has 21 heavy (non-hydrogen) atoms. The highest BCUT2D eigenvalue weighted by molar-refractivity contribution is 7.11. The number of nitrogens with two attached hydrogens (primary N) is 1. The van der Waals surface area contributed by atoms with E-state index in [1.54, 1.807) is 11.3 Å². The minimum Gasteiger partial charge on any atom is -0.486 e. The molecule has 0 unspecified atom stereocenters. The van der Waals surface area contributed by atoms with Gasteiger partial charge in [-0.25, -0.2) is 4.98 Å².